The van der Waals surface area contributed by atoms with Crippen LogP contribution >= 0.6 is 0 Å². The van der Waals surface area contributed by atoms with E-state index < -0.39 is 0 Å². The number of unbranched alkanes of at least 4 members (excludes halogenated alkanes) is 1. The van der Waals surface area contributed by atoms with Crippen molar-refractivity contribution in [3.05, 3.63) is 0 Å². The first-order chi connectivity index (χ1) is 9.95. The topological polar surface area (TPSA) is 42.3 Å². The number of nitrogens with zero attached hydrogens (tertiary/aromatic N) is 3. The molecule has 1 fully saturated rings. The van der Waals surface area contributed by atoms with Crippen molar-refractivity contribution >= 4 is 0 Å². The van der Waals surface area contributed by atoms with E-state index in [9.17, 15) is 5.26 Å². The number of nitriles is 1. The molecule has 0 radical (unpaired) electrons. The van der Waals surface area contributed by atoms with Crippen LogP contribution < -0.4 is 5.32 Å². The fourth-order valence-corrected chi connectivity index (χ4v) is 3.09. The number of rotatable bonds is 10. The second kappa shape index (κ2) is 9.40. The molecule has 1 N–H and O–H groups in total. The summed E-state index contributed by atoms with van der Waals surface area (Å²) in [7, 11) is 2.21. The number of hydrogen-bond donors (Lipinski definition) is 1. The van der Waals surface area contributed by atoms with Crippen LogP contribution in [0.4, 0.5) is 0 Å². The van der Waals surface area contributed by atoms with Gasteiger partial charge in [-0.1, -0.05) is 0 Å². The number of hydrogen-bond acceptors (Lipinski definition) is 4. The first kappa shape index (κ1) is 18.4. The summed E-state index contributed by atoms with van der Waals surface area (Å²) in [4.78, 5) is 4.99. The molecule has 1 aliphatic heterocycles. The molecule has 1 atom stereocenters. The normalized spacial score (nSPS) is 19.1. The SMILES string of the molecule is CC(C)NC(C)(C#N)CCCCN(C)CCN1CCCC1. The van der Waals surface area contributed by atoms with Crippen LogP contribution in [0.5, 0.6) is 0 Å². The van der Waals surface area contributed by atoms with E-state index in [-0.39, 0.29) is 5.54 Å². The van der Waals surface area contributed by atoms with Gasteiger partial charge in [0.15, 0.2) is 0 Å². The zero-order valence-electron chi connectivity index (χ0n) is 14.5. The zero-order chi connectivity index (χ0) is 15.7. The van der Waals surface area contributed by atoms with Crippen molar-refractivity contribution < 1.29 is 0 Å². The third-order valence-corrected chi connectivity index (χ3v) is 4.32. The molecule has 0 spiro atoms. The van der Waals surface area contributed by atoms with Crippen LogP contribution in [0.2, 0.25) is 0 Å². The molecule has 1 rings (SSSR count). The third-order valence-electron chi connectivity index (χ3n) is 4.32. The van der Waals surface area contributed by atoms with E-state index in [1.54, 1.807) is 0 Å². The van der Waals surface area contributed by atoms with Crippen molar-refractivity contribution in [3.8, 4) is 6.07 Å². The Kier molecular flexibility index (Phi) is 8.24. The standard InChI is InChI=1S/C17H34N4/c1-16(2)19-17(3,15-18)9-5-6-10-20(4)13-14-21-11-7-8-12-21/h16,19H,5-14H2,1-4H3. The highest BCUT2D eigenvalue weighted by molar-refractivity contribution is 5.04. The van der Waals surface area contributed by atoms with Gasteiger partial charge in [0.05, 0.1) is 6.07 Å². The lowest BCUT2D eigenvalue weighted by molar-refractivity contribution is 0.251. The molecular formula is C17H34N4. The summed E-state index contributed by atoms with van der Waals surface area (Å²) in [6, 6.07) is 2.79. The zero-order valence-corrected chi connectivity index (χ0v) is 14.5. The summed E-state index contributed by atoms with van der Waals surface area (Å²) in [6.07, 6.45) is 5.96. The smallest absolute Gasteiger partial charge is 0.104 e. The van der Waals surface area contributed by atoms with Crippen LogP contribution in [0.15, 0.2) is 0 Å². The van der Waals surface area contributed by atoms with Gasteiger partial charge in [-0.2, -0.15) is 5.26 Å². The molecule has 0 bridgehead atoms. The summed E-state index contributed by atoms with van der Waals surface area (Å²) in [5.74, 6) is 0. The van der Waals surface area contributed by atoms with Crippen molar-refractivity contribution in [2.45, 2.75) is 64.5 Å². The minimum atomic E-state index is -0.373. The van der Waals surface area contributed by atoms with Crippen LogP contribution in [-0.2, 0) is 0 Å². The van der Waals surface area contributed by atoms with E-state index in [4.69, 9.17) is 0 Å². The fourth-order valence-electron chi connectivity index (χ4n) is 3.09. The van der Waals surface area contributed by atoms with Crippen LogP contribution in [0.25, 0.3) is 0 Å². The van der Waals surface area contributed by atoms with Gasteiger partial charge in [0.2, 0.25) is 0 Å². The number of likely N-dealkylation sites (tertiary alicyclic amines) is 1. The maximum absolute atomic E-state index is 9.32. The molecule has 4 heteroatoms. The minimum Gasteiger partial charge on any atom is -0.305 e. The molecule has 0 aliphatic carbocycles. The van der Waals surface area contributed by atoms with Crippen LogP contribution in [0.1, 0.15) is 52.9 Å². The molecule has 0 aromatic carbocycles. The highest BCUT2D eigenvalue weighted by Crippen LogP contribution is 2.14. The average molecular weight is 294 g/mol. The average Bonchev–Trinajstić information content (AvgIpc) is 2.94. The second-order valence-electron chi connectivity index (χ2n) is 7.05. The Morgan fingerprint density at radius 2 is 1.90 bits per heavy atom. The summed E-state index contributed by atoms with van der Waals surface area (Å²) < 4.78 is 0. The Morgan fingerprint density at radius 1 is 1.24 bits per heavy atom. The lowest BCUT2D eigenvalue weighted by atomic mass is 9.95. The third kappa shape index (κ3) is 7.80. The summed E-state index contributed by atoms with van der Waals surface area (Å²) in [5.41, 5.74) is -0.373. The Bertz CT molecular complexity index is 317. The maximum Gasteiger partial charge on any atom is 0.104 e. The van der Waals surface area contributed by atoms with Gasteiger partial charge in [-0.05, 0) is 79.6 Å². The largest absolute Gasteiger partial charge is 0.305 e. The quantitative estimate of drug-likeness (QED) is 0.629. The van der Waals surface area contributed by atoms with Crippen LogP contribution in [-0.4, -0.2) is 61.2 Å². The summed E-state index contributed by atoms with van der Waals surface area (Å²) >= 11 is 0. The van der Waals surface area contributed by atoms with Crippen molar-refractivity contribution in [2.75, 3.05) is 39.8 Å². The maximum atomic E-state index is 9.32. The Hall–Kier alpha value is -0.630. The Labute approximate surface area is 131 Å². The van der Waals surface area contributed by atoms with E-state index in [0.29, 0.717) is 6.04 Å². The van der Waals surface area contributed by atoms with Gasteiger partial charge in [0, 0.05) is 19.1 Å². The molecule has 1 saturated heterocycles. The van der Waals surface area contributed by atoms with Crippen molar-refractivity contribution in [1.29, 1.82) is 5.26 Å². The molecule has 4 nitrogen and oxygen atoms in total. The molecule has 21 heavy (non-hydrogen) atoms. The van der Waals surface area contributed by atoms with E-state index >= 15 is 0 Å². The number of likely N-dealkylation sites (N-methyl/N-ethyl adjacent to an activating group) is 1. The van der Waals surface area contributed by atoms with Crippen LogP contribution in [0, 0.1) is 11.3 Å². The molecule has 0 aromatic heterocycles. The Morgan fingerprint density at radius 3 is 2.48 bits per heavy atom. The van der Waals surface area contributed by atoms with Gasteiger partial charge < -0.3 is 9.80 Å². The predicted octanol–water partition coefficient (Wildman–Crippen LogP) is 2.46. The van der Waals surface area contributed by atoms with E-state index in [0.717, 1.165) is 19.4 Å². The van der Waals surface area contributed by atoms with Gasteiger partial charge in [-0.15, -0.1) is 0 Å². The van der Waals surface area contributed by atoms with Gasteiger partial charge in [0.25, 0.3) is 0 Å². The van der Waals surface area contributed by atoms with Gasteiger partial charge in [-0.3, -0.25) is 5.32 Å². The summed E-state index contributed by atoms with van der Waals surface area (Å²) in [5, 5.41) is 12.7. The lowest BCUT2D eigenvalue weighted by Crippen LogP contribution is -2.45. The number of nitrogens with one attached hydrogen (secondary N) is 1. The lowest BCUT2D eigenvalue weighted by Gasteiger charge is -2.26. The van der Waals surface area contributed by atoms with E-state index in [2.05, 4.69) is 42.1 Å². The molecule has 0 amide bonds. The molecule has 1 aliphatic rings. The molecule has 1 unspecified atom stereocenters. The van der Waals surface area contributed by atoms with Crippen molar-refractivity contribution in [1.82, 2.24) is 15.1 Å². The highest BCUT2D eigenvalue weighted by Gasteiger charge is 2.23. The predicted molar refractivity (Wildman–Crippen MR) is 89.3 cm³/mol. The first-order valence-corrected chi connectivity index (χ1v) is 8.55. The fraction of sp³-hybridized carbons (Fsp3) is 0.941. The molecule has 0 aromatic rings. The molecule has 122 valence electrons. The van der Waals surface area contributed by atoms with Crippen LogP contribution in [0.3, 0.4) is 0 Å². The molecular weight excluding hydrogens is 260 g/mol. The minimum absolute atomic E-state index is 0.359. The van der Waals surface area contributed by atoms with E-state index in [1.807, 2.05) is 6.92 Å². The van der Waals surface area contributed by atoms with E-state index in [1.165, 1.54) is 45.4 Å². The summed E-state index contributed by atoms with van der Waals surface area (Å²) in [6.45, 7) is 12.3. The van der Waals surface area contributed by atoms with Gasteiger partial charge in [-0.25, -0.2) is 0 Å². The van der Waals surface area contributed by atoms with Crippen molar-refractivity contribution in [3.63, 3.8) is 0 Å². The second-order valence-corrected chi connectivity index (χ2v) is 7.05. The Balaban J connectivity index is 2.10. The van der Waals surface area contributed by atoms with Gasteiger partial charge in [0.1, 0.15) is 5.54 Å². The van der Waals surface area contributed by atoms with Crippen molar-refractivity contribution in [2.24, 2.45) is 0 Å². The molecule has 0 saturated carbocycles. The van der Waals surface area contributed by atoms with Gasteiger partial charge >= 0.3 is 0 Å². The first-order valence-electron chi connectivity index (χ1n) is 8.55. The monoisotopic (exact) mass is 294 g/mol. The molecule has 1 heterocycles. The highest BCUT2D eigenvalue weighted by atomic mass is 15.2.